The monoisotopic (exact) mass is 224 g/mol. The molecule has 1 aromatic heterocycles. The third-order valence-corrected chi connectivity index (χ3v) is 2.63. The molecule has 0 spiro atoms. The number of aliphatic carboxylic acids is 1. The second-order valence-electron chi connectivity index (χ2n) is 3.77. The van der Waals surface area contributed by atoms with Crippen molar-refractivity contribution in [1.82, 2.24) is 10.3 Å². The van der Waals surface area contributed by atoms with Gasteiger partial charge in [-0.25, -0.2) is 4.79 Å². The Morgan fingerprint density at radius 3 is 2.69 bits per heavy atom. The molecule has 5 heteroatoms. The Bertz CT molecular complexity index is 359. The highest BCUT2D eigenvalue weighted by Gasteiger charge is 2.25. The summed E-state index contributed by atoms with van der Waals surface area (Å²) in [5.74, 6) is -1.47. The lowest BCUT2D eigenvalue weighted by molar-refractivity contribution is -0.140. The highest BCUT2D eigenvalue weighted by molar-refractivity contribution is 5.96. The molecule has 0 aliphatic heterocycles. The molecular weight excluding hydrogens is 208 g/mol. The maximum Gasteiger partial charge on any atom is 0.326 e. The number of hydrogen-bond acceptors (Lipinski definition) is 2. The van der Waals surface area contributed by atoms with E-state index in [0.29, 0.717) is 12.0 Å². The number of H-pyrrole nitrogens is 1. The van der Waals surface area contributed by atoms with Gasteiger partial charge in [0.05, 0.1) is 5.56 Å². The van der Waals surface area contributed by atoms with E-state index in [-0.39, 0.29) is 11.8 Å². The van der Waals surface area contributed by atoms with Crippen LogP contribution < -0.4 is 5.32 Å². The number of carbonyl (C=O) groups excluding carboxylic acids is 1. The van der Waals surface area contributed by atoms with Gasteiger partial charge in [-0.1, -0.05) is 20.3 Å². The van der Waals surface area contributed by atoms with Crippen molar-refractivity contribution in [1.29, 1.82) is 0 Å². The van der Waals surface area contributed by atoms with Gasteiger partial charge in [0.2, 0.25) is 0 Å². The molecule has 0 saturated heterocycles. The van der Waals surface area contributed by atoms with Crippen LogP contribution in [0.2, 0.25) is 0 Å². The van der Waals surface area contributed by atoms with Gasteiger partial charge >= 0.3 is 5.97 Å². The van der Waals surface area contributed by atoms with E-state index in [0.717, 1.165) is 0 Å². The lowest BCUT2D eigenvalue weighted by Gasteiger charge is -2.19. The Kier molecular flexibility index (Phi) is 4.10. The molecule has 0 unspecified atom stereocenters. The number of aromatic nitrogens is 1. The molecule has 0 fully saturated rings. The van der Waals surface area contributed by atoms with Crippen LogP contribution in [0.1, 0.15) is 30.6 Å². The van der Waals surface area contributed by atoms with Crippen LogP contribution in [0, 0.1) is 5.92 Å². The smallest absolute Gasteiger partial charge is 0.326 e. The minimum absolute atomic E-state index is 0.0969. The molecule has 1 heterocycles. The first kappa shape index (κ1) is 12.3. The van der Waals surface area contributed by atoms with Crippen LogP contribution in [-0.2, 0) is 4.79 Å². The van der Waals surface area contributed by atoms with Gasteiger partial charge in [-0.15, -0.1) is 0 Å². The predicted molar refractivity (Wildman–Crippen MR) is 59.1 cm³/mol. The van der Waals surface area contributed by atoms with Gasteiger partial charge in [-0.05, 0) is 12.0 Å². The minimum atomic E-state index is -1.00. The molecule has 0 aliphatic carbocycles. The fraction of sp³-hybridized carbons (Fsp3) is 0.455. The maximum absolute atomic E-state index is 11.6. The molecule has 3 N–H and O–H groups in total. The average molecular weight is 224 g/mol. The van der Waals surface area contributed by atoms with Gasteiger partial charge in [0.15, 0.2) is 0 Å². The SMILES string of the molecule is CC[C@H](C)[C@H](NC(=O)c1cc[nH]c1)C(=O)O. The Hall–Kier alpha value is -1.78. The van der Waals surface area contributed by atoms with Crippen molar-refractivity contribution < 1.29 is 14.7 Å². The van der Waals surface area contributed by atoms with Crippen LogP contribution in [0.25, 0.3) is 0 Å². The van der Waals surface area contributed by atoms with Crippen molar-refractivity contribution >= 4 is 11.9 Å². The number of carboxylic acids is 1. The minimum Gasteiger partial charge on any atom is -0.480 e. The van der Waals surface area contributed by atoms with Crippen LogP contribution in [0.3, 0.4) is 0 Å². The standard InChI is InChI=1S/C11H16N2O3/c1-3-7(2)9(11(15)16)13-10(14)8-4-5-12-6-8/h4-7,9,12H,3H2,1-2H3,(H,13,14)(H,15,16)/t7-,9-/m0/s1. The van der Waals surface area contributed by atoms with Gasteiger partial charge in [-0.2, -0.15) is 0 Å². The topological polar surface area (TPSA) is 82.2 Å². The number of carbonyl (C=O) groups is 2. The van der Waals surface area contributed by atoms with Crippen LogP contribution in [-0.4, -0.2) is 28.0 Å². The average Bonchev–Trinajstić information content (AvgIpc) is 2.77. The fourth-order valence-corrected chi connectivity index (χ4v) is 1.37. The largest absolute Gasteiger partial charge is 0.480 e. The number of rotatable bonds is 5. The summed E-state index contributed by atoms with van der Waals surface area (Å²) < 4.78 is 0. The fourth-order valence-electron chi connectivity index (χ4n) is 1.37. The summed E-state index contributed by atoms with van der Waals surface area (Å²) in [4.78, 5) is 25.4. The Morgan fingerprint density at radius 2 is 2.25 bits per heavy atom. The van der Waals surface area contributed by atoms with Gasteiger partial charge in [0.1, 0.15) is 6.04 Å². The lowest BCUT2D eigenvalue weighted by atomic mass is 9.99. The van der Waals surface area contributed by atoms with Gasteiger partial charge in [0, 0.05) is 12.4 Å². The van der Waals surface area contributed by atoms with E-state index in [4.69, 9.17) is 5.11 Å². The molecule has 0 bridgehead atoms. The second kappa shape index (κ2) is 5.34. The summed E-state index contributed by atoms with van der Waals surface area (Å²) in [6.07, 6.45) is 3.85. The van der Waals surface area contributed by atoms with E-state index in [1.165, 1.54) is 6.20 Å². The van der Waals surface area contributed by atoms with Crippen molar-refractivity contribution in [2.45, 2.75) is 26.3 Å². The molecule has 1 amide bonds. The first-order valence-corrected chi connectivity index (χ1v) is 5.22. The molecular formula is C11H16N2O3. The first-order chi connectivity index (χ1) is 7.56. The Labute approximate surface area is 93.9 Å². The molecule has 0 aliphatic rings. The Balaban J connectivity index is 2.69. The molecule has 88 valence electrons. The number of aromatic amines is 1. The van der Waals surface area contributed by atoms with E-state index in [9.17, 15) is 9.59 Å². The van der Waals surface area contributed by atoms with Crippen LogP contribution in [0.4, 0.5) is 0 Å². The summed E-state index contributed by atoms with van der Waals surface area (Å²) in [6.45, 7) is 3.69. The van der Waals surface area contributed by atoms with E-state index < -0.39 is 12.0 Å². The number of nitrogens with one attached hydrogen (secondary N) is 2. The van der Waals surface area contributed by atoms with Gasteiger partial charge < -0.3 is 15.4 Å². The maximum atomic E-state index is 11.6. The molecule has 0 aromatic carbocycles. The van der Waals surface area contributed by atoms with E-state index in [1.807, 2.05) is 6.92 Å². The normalized spacial score (nSPS) is 14.1. The van der Waals surface area contributed by atoms with Gasteiger partial charge in [0.25, 0.3) is 5.91 Å². The van der Waals surface area contributed by atoms with Crippen molar-refractivity contribution in [3.05, 3.63) is 24.0 Å². The third kappa shape index (κ3) is 2.85. The molecule has 1 rings (SSSR count). The zero-order valence-corrected chi connectivity index (χ0v) is 9.36. The van der Waals surface area contributed by atoms with E-state index in [2.05, 4.69) is 10.3 Å². The first-order valence-electron chi connectivity index (χ1n) is 5.22. The number of hydrogen-bond donors (Lipinski definition) is 3. The van der Waals surface area contributed by atoms with Crippen molar-refractivity contribution in [2.24, 2.45) is 5.92 Å². The van der Waals surface area contributed by atoms with Crippen LogP contribution >= 0.6 is 0 Å². The Morgan fingerprint density at radius 1 is 1.56 bits per heavy atom. The summed E-state index contributed by atoms with van der Waals surface area (Å²) in [7, 11) is 0. The molecule has 0 saturated carbocycles. The zero-order chi connectivity index (χ0) is 12.1. The highest BCUT2D eigenvalue weighted by atomic mass is 16.4. The van der Waals surface area contributed by atoms with Crippen molar-refractivity contribution in [3.63, 3.8) is 0 Å². The molecule has 2 atom stereocenters. The predicted octanol–water partition coefficient (Wildman–Crippen LogP) is 1.24. The molecule has 16 heavy (non-hydrogen) atoms. The van der Waals surface area contributed by atoms with Crippen LogP contribution in [0.15, 0.2) is 18.5 Å². The van der Waals surface area contributed by atoms with Gasteiger partial charge in [-0.3, -0.25) is 4.79 Å². The zero-order valence-electron chi connectivity index (χ0n) is 9.36. The number of carboxylic acid groups (broad SMARTS) is 1. The third-order valence-electron chi connectivity index (χ3n) is 2.63. The number of amides is 1. The second-order valence-corrected chi connectivity index (χ2v) is 3.77. The van der Waals surface area contributed by atoms with Crippen molar-refractivity contribution in [2.75, 3.05) is 0 Å². The van der Waals surface area contributed by atoms with E-state index >= 15 is 0 Å². The molecule has 5 nitrogen and oxygen atoms in total. The summed E-state index contributed by atoms with van der Waals surface area (Å²) in [6, 6.07) is 0.762. The summed E-state index contributed by atoms with van der Waals surface area (Å²) in [5.41, 5.74) is 0.439. The summed E-state index contributed by atoms with van der Waals surface area (Å²) >= 11 is 0. The van der Waals surface area contributed by atoms with Crippen LogP contribution in [0.5, 0.6) is 0 Å². The quantitative estimate of drug-likeness (QED) is 0.703. The van der Waals surface area contributed by atoms with E-state index in [1.54, 1.807) is 19.2 Å². The molecule has 1 aromatic rings. The highest BCUT2D eigenvalue weighted by Crippen LogP contribution is 2.09. The summed E-state index contributed by atoms with van der Waals surface area (Å²) in [5, 5.41) is 11.5. The van der Waals surface area contributed by atoms with Crippen molar-refractivity contribution in [3.8, 4) is 0 Å². The molecule has 0 radical (unpaired) electrons. The lowest BCUT2D eigenvalue weighted by Crippen LogP contribution is -2.44.